The lowest BCUT2D eigenvalue weighted by molar-refractivity contribution is 0.101. The van der Waals surface area contributed by atoms with Gasteiger partial charge in [-0.05, 0) is 38.1 Å². The zero-order valence-electron chi connectivity index (χ0n) is 16.3. The van der Waals surface area contributed by atoms with Crippen molar-refractivity contribution >= 4 is 5.78 Å². The van der Waals surface area contributed by atoms with Gasteiger partial charge in [0.15, 0.2) is 11.6 Å². The number of hydrogen-bond acceptors (Lipinski definition) is 7. The summed E-state index contributed by atoms with van der Waals surface area (Å²) in [5.41, 5.74) is 3.06. The topological polar surface area (TPSA) is 107 Å². The smallest absolute Gasteiger partial charge is 0.231 e. The Morgan fingerprint density at radius 3 is 2.59 bits per heavy atom. The van der Waals surface area contributed by atoms with Crippen LogP contribution in [0.2, 0.25) is 0 Å². The molecule has 0 saturated heterocycles. The molecule has 0 amide bonds. The molecule has 0 bridgehead atoms. The SMILES string of the molecule is COc1ccc(C(C)=O)cc1Cc1nc(-c2cccc(-c3n[nH]c(C)n3)c2)no1. The molecule has 2 aromatic heterocycles. The molecule has 0 aliphatic heterocycles. The van der Waals surface area contributed by atoms with Gasteiger partial charge in [-0.25, -0.2) is 4.98 Å². The lowest BCUT2D eigenvalue weighted by Crippen LogP contribution is -1.99. The normalized spacial score (nSPS) is 10.9. The fourth-order valence-corrected chi connectivity index (χ4v) is 3.01. The molecule has 0 atom stereocenters. The van der Waals surface area contributed by atoms with Crippen molar-refractivity contribution in [1.29, 1.82) is 0 Å². The fourth-order valence-electron chi connectivity index (χ4n) is 3.01. The highest BCUT2D eigenvalue weighted by molar-refractivity contribution is 5.94. The first kappa shape index (κ1) is 18.5. The average molecular weight is 389 g/mol. The minimum absolute atomic E-state index is 0.0147. The van der Waals surface area contributed by atoms with Crippen LogP contribution in [-0.2, 0) is 6.42 Å². The van der Waals surface area contributed by atoms with E-state index in [0.717, 1.165) is 22.5 Å². The molecule has 2 aromatic carbocycles. The van der Waals surface area contributed by atoms with E-state index in [1.54, 1.807) is 25.3 Å². The van der Waals surface area contributed by atoms with Crippen molar-refractivity contribution in [2.75, 3.05) is 7.11 Å². The Kier molecular flexibility index (Phi) is 4.90. The second kappa shape index (κ2) is 7.67. The van der Waals surface area contributed by atoms with Crippen LogP contribution >= 0.6 is 0 Å². The molecule has 0 unspecified atom stereocenters. The molecule has 0 fully saturated rings. The van der Waals surface area contributed by atoms with Gasteiger partial charge in [0.2, 0.25) is 11.7 Å². The van der Waals surface area contributed by atoms with Crippen LogP contribution in [0.25, 0.3) is 22.8 Å². The number of methoxy groups -OCH3 is 1. The molecular formula is C21H19N5O3. The predicted octanol–water partition coefficient (Wildman–Crippen LogP) is 3.63. The molecule has 0 radical (unpaired) electrons. The molecule has 1 N–H and O–H groups in total. The molecule has 146 valence electrons. The van der Waals surface area contributed by atoms with Crippen LogP contribution in [-0.4, -0.2) is 38.2 Å². The fraction of sp³-hybridized carbons (Fsp3) is 0.190. The van der Waals surface area contributed by atoms with Crippen molar-refractivity contribution in [2.45, 2.75) is 20.3 Å². The van der Waals surface area contributed by atoms with E-state index in [4.69, 9.17) is 9.26 Å². The highest BCUT2D eigenvalue weighted by Gasteiger charge is 2.14. The van der Waals surface area contributed by atoms with Gasteiger partial charge in [0.1, 0.15) is 11.6 Å². The zero-order valence-corrected chi connectivity index (χ0v) is 16.3. The molecule has 4 aromatic rings. The number of nitrogens with one attached hydrogen (secondary N) is 1. The number of nitrogens with zero attached hydrogens (tertiary/aromatic N) is 4. The largest absolute Gasteiger partial charge is 0.496 e. The first-order valence-corrected chi connectivity index (χ1v) is 9.03. The van der Waals surface area contributed by atoms with Crippen LogP contribution in [0.3, 0.4) is 0 Å². The third kappa shape index (κ3) is 3.91. The van der Waals surface area contributed by atoms with Gasteiger partial charge in [-0.1, -0.05) is 23.4 Å². The summed E-state index contributed by atoms with van der Waals surface area (Å²) in [7, 11) is 1.59. The summed E-state index contributed by atoms with van der Waals surface area (Å²) < 4.78 is 10.8. The second-order valence-electron chi connectivity index (χ2n) is 6.60. The first-order valence-electron chi connectivity index (χ1n) is 9.03. The molecule has 2 heterocycles. The zero-order chi connectivity index (χ0) is 20.4. The quantitative estimate of drug-likeness (QED) is 0.502. The van der Waals surface area contributed by atoms with Crippen molar-refractivity contribution in [3.05, 3.63) is 65.3 Å². The van der Waals surface area contributed by atoms with Crippen LogP contribution in [0.15, 0.2) is 47.0 Å². The van der Waals surface area contributed by atoms with Crippen LogP contribution in [0.1, 0.15) is 34.6 Å². The highest BCUT2D eigenvalue weighted by Crippen LogP contribution is 2.26. The summed E-state index contributed by atoms with van der Waals surface area (Å²) in [6.45, 7) is 3.38. The van der Waals surface area contributed by atoms with E-state index in [1.807, 2.05) is 31.2 Å². The van der Waals surface area contributed by atoms with Crippen LogP contribution in [0.4, 0.5) is 0 Å². The van der Waals surface area contributed by atoms with E-state index in [9.17, 15) is 4.79 Å². The van der Waals surface area contributed by atoms with E-state index >= 15 is 0 Å². The molecule has 8 heteroatoms. The Morgan fingerprint density at radius 2 is 1.90 bits per heavy atom. The van der Waals surface area contributed by atoms with Gasteiger partial charge >= 0.3 is 0 Å². The number of benzene rings is 2. The monoisotopic (exact) mass is 389 g/mol. The number of ether oxygens (including phenoxy) is 1. The molecule has 0 spiro atoms. The number of rotatable bonds is 6. The lowest BCUT2D eigenvalue weighted by atomic mass is 10.0. The average Bonchev–Trinajstić information content (AvgIpc) is 3.37. The Morgan fingerprint density at radius 1 is 1.10 bits per heavy atom. The molecule has 29 heavy (non-hydrogen) atoms. The lowest BCUT2D eigenvalue weighted by Gasteiger charge is -2.07. The maximum atomic E-state index is 11.7. The molecule has 4 rings (SSSR count). The van der Waals surface area contributed by atoms with E-state index in [0.29, 0.717) is 35.3 Å². The highest BCUT2D eigenvalue weighted by atomic mass is 16.5. The summed E-state index contributed by atoms with van der Waals surface area (Å²) in [6, 6.07) is 12.9. The first-order chi connectivity index (χ1) is 14.0. The van der Waals surface area contributed by atoms with E-state index in [2.05, 4.69) is 25.3 Å². The number of aromatic nitrogens is 5. The third-order valence-corrected chi connectivity index (χ3v) is 4.47. The number of H-pyrrole nitrogens is 1. The number of aryl methyl sites for hydroxylation is 1. The summed E-state index contributed by atoms with van der Waals surface area (Å²) in [5.74, 6) is 2.90. The molecule has 0 aliphatic rings. The Labute approximate surface area is 167 Å². The van der Waals surface area contributed by atoms with Crippen molar-refractivity contribution < 1.29 is 14.1 Å². The minimum atomic E-state index is -0.0147. The predicted molar refractivity (Wildman–Crippen MR) is 106 cm³/mol. The van der Waals surface area contributed by atoms with Gasteiger partial charge in [-0.15, -0.1) is 0 Å². The summed E-state index contributed by atoms with van der Waals surface area (Å²) in [4.78, 5) is 20.5. The van der Waals surface area contributed by atoms with Gasteiger partial charge in [0, 0.05) is 22.3 Å². The van der Waals surface area contributed by atoms with E-state index in [1.165, 1.54) is 6.92 Å². The van der Waals surface area contributed by atoms with Crippen LogP contribution in [0, 0.1) is 6.92 Å². The maximum Gasteiger partial charge on any atom is 0.231 e. The third-order valence-electron chi connectivity index (χ3n) is 4.47. The Balaban J connectivity index is 1.61. The summed E-state index contributed by atoms with van der Waals surface area (Å²) in [6.07, 6.45) is 0.358. The van der Waals surface area contributed by atoms with Gasteiger partial charge in [0.25, 0.3) is 0 Å². The van der Waals surface area contributed by atoms with E-state index in [-0.39, 0.29) is 5.78 Å². The van der Waals surface area contributed by atoms with Crippen molar-refractivity contribution in [2.24, 2.45) is 0 Å². The number of ketones is 1. The van der Waals surface area contributed by atoms with Gasteiger partial charge in [-0.3, -0.25) is 9.89 Å². The van der Waals surface area contributed by atoms with Crippen LogP contribution in [0.5, 0.6) is 5.75 Å². The summed E-state index contributed by atoms with van der Waals surface area (Å²) in [5, 5.41) is 11.1. The number of carbonyl (C=O) groups excluding carboxylic acids is 1. The summed E-state index contributed by atoms with van der Waals surface area (Å²) >= 11 is 0. The Hall–Kier alpha value is -3.81. The number of hydrogen-bond donors (Lipinski definition) is 1. The van der Waals surface area contributed by atoms with E-state index < -0.39 is 0 Å². The molecule has 0 aliphatic carbocycles. The van der Waals surface area contributed by atoms with Crippen molar-refractivity contribution in [3.8, 4) is 28.5 Å². The maximum absolute atomic E-state index is 11.7. The standard InChI is InChI=1S/C21H19N5O3/c1-12(27)14-7-8-18(28-3)17(9-14)11-19-23-21(26-29-19)16-6-4-5-15(10-16)20-22-13(2)24-25-20/h4-10H,11H2,1-3H3,(H,22,24,25). The second-order valence-corrected chi connectivity index (χ2v) is 6.60. The minimum Gasteiger partial charge on any atom is -0.496 e. The molecule has 0 saturated carbocycles. The van der Waals surface area contributed by atoms with Crippen molar-refractivity contribution in [3.63, 3.8) is 0 Å². The number of aromatic amines is 1. The number of Topliss-reactive ketones (excluding diaryl/α,β-unsaturated/α-hetero) is 1. The van der Waals surface area contributed by atoms with Gasteiger partial charge in [-0.2, -0.15) is 10.1 Å². The molecule has 8 nitrogen and oxygen atoms in total. The Bertz CT molecular complexity index is 1180. The van der Waals surface area contributed by atoms with Gasteiger partial charge in [0.05, 0.1) is 13.5 Å². The van der Waals surface area contributed by atoms with Gasteiger partial charge < -0.3 is 9.26 Å². The molecular weight excluding hydrogens is 370 g/mol. The number of carbonyl (C=O) groups is 1. The van der Waals surface area contributed by atoms with Crippen molar-refractivity contribution in [1.82, 2.24) is 25.3 Å². The van der Waals surface area contributed by atoms with Crippen LogP contribution < -0.4 is 4.74 Å².